The molecule has 0 unspecified atom stereocenters. The van der Waals surface area contributed by atoms with Crippen LogP contribution in [-0.2, 0) is 4.79 Å². The van der Waals surface area contributed by atoms with E-state index in [4.69, 9.17) is 4.74 Å². The SMILES string of the molecule is Cc1ccc(N2CCCC2=O)c(C(=O)N[C@H]2COc3ccccc3C2=O)c1. The van der Waals surface area contributed by atoms with E-state index < -0.39 is 6.04 Å². The lowest BCUT2D eigenvalue weighted by molar-refractivity contribution is -0.117. The van der Waals surface area contributed by atoms with Gasteiger partial charge in [0.15, 0.2) is 5.78 Å². The second-order valence-corrected chi connectivity index (χ2v) is 6.87. The lowest BCUT2D eigenvalue weighted by Crippen LogP contribution is -2.47. The van der Waals surface area contributed by atoms with Gasteiger partial charge in [0, 0.05) is 13.0 Å². The summed E-state index contributed by atoms with van der Waals surface area (Å²) in [4.78, 5) is 39.4. The number of para-hydroxylation sites is 1. The zero-order chi connectivity index (χ0) is 19.0. The number of anilines is 1. The lowest BCUT2D eigenvalue weighted by atomic mass is 10.00. The molecule has 2 aromatic rings. The van der Waals surface area contributed by atoms with Crippen molar-refractivity contribution in [1.82, 2.24) is 5.32 Å². The number of Topliss-reactive ketones (excluding diaryl/α,β-unsaturated/α-hetero) is 1. The van der Waals surface area contributed by atoms with Crippen molar-refractivity contribution in [3.63, 3.8) is 0 Å². The molecule has 1 atom stereocenters. The van der Waals surface area contributed by atoms with E-state index in [1.54, 1.807) is 41.3 Å². The first kappa shape index (κ1) is 17.3. The topological polar surface area (TPSA) is 75.7 Å². The number of nitrogens with one attached hydrogen (secondary N) is 1. The minimum Gasteiger partial charge on any atom is -0.490 e. The van der Waals surface area contributed by atoms with E-state index >= 15 is 0 Å². The van der Waals surface area contributed by atoms with E-state index in [2.05, 4.69) is 5.32 Å². The highest BCUT2D eigenvalue weighted by Gasteiger charge is 2.32. The zero-order valence-corrected chi connectivity index (χ0v) is 15.0. The molecule has 2 aliphatic rings. The van der Waals surface area contributed by atoms with Crippen molar-refractivity contribution < 1.29 is 19.1 Å². The number of carbonyl (C=O) groups is 3. The minimum atomic E-state index is -0.755. The molecular weight excluding hydrogens is 344 g/mol. The fourth-order valence-corrected chi connectivity index (χ4v) is 3.55. The van der Waals surface area contributed by atoms with E-state index in [0.717, 1.165) is 12.0 Å². The van der Waals surface area contributed by atoms with Crippen molar-refractivity contribution in [3.05, 3.63) is 59.2 Å². The number of hydrogen-bond acceptors (Lipinski definition) is 4. The van der Waals surface area contributed by atoms with Crippen molar-refractivity contribution >= 4 is 23.3 Å². The molecule has 1 saturated heterocycles. The average molecular weight is 364 g/mol. The Balaban J connectivity index is 1.60. The molecule has 1 fully saturated rings. The average Bonchev–Trinajstić information content (AvgIpc) is 3.10. The molecule has 0 aliphatic carbocycles. The van der Waals surface area contributed by atoms with Gasteiger partial charge in [-0.1, -0.05) is 23.8 Å². The molecule has 2 heterocycles. The van der Waals surface area contributed by atoms with E-state index in [9.17, 15) is 14.4 Å². The highest BCUT2D eigenvalue weighted by atomic mass is 16.5. The van der Waals surface area contributed by atoms with Crippen molar-refractivity contribution in [2.45, 2.75) is 25.8 Å². The van der Waals surface area contributed by atoms with Crippen molar-refractivity contribution in [1.29, 1.82) is 0 Å². The van der Waals surface area contributed by atoms with E-state index in [1.807, 2.05) is 13.0 Å². The van der Waals surface area contributed by atoms with Crippen LogP contribution in [0.3, 0.4) is 0 Å². The molecule has 0 radical (unpaired) electrons. The van der Waals surface area contributed by atoms with Crippen LogP contribution < -0.4 is 15.0 Å². The molecule has 6 nitrogen and oxygen atoms in total. The summed E-state index contributed by atoms with van der Waals surface area (Å²) in [5.41, 5.74) is 2.36. The summed E-state index contributed by atoms with van der Waals surface area (Å²) >= 11 is 0. The number of nitrogens with zero attached hydrogens (tertiary/aromatic N) is 1. The van der Waals surface area contributed by atoms with E-state index in [-0.39, 0.29) is 24.2 Å². The summed E-state index contributed by atoms with van der Waals surface area (Å²) in [6, 6.07) is 11.7. The van der Waals surface area contributed by atoms with Crippen molar-refractivity contribution in [3.8, 4) is 5.75 Å². The van der Waals surface area contributed by atoms with Gasteiger partial charge >= 0.3 is 0 Å². The smallest absolute Gasteiger partial charge is 0.254 e. The highest BCUT2D eigenvalue weighted by molar-refractivity contribution is 6.09. The zero-order valence-electron chi connectivity index (χ0n) is 15.0. The van der Waals surface area contributed by atoms with Crippen LogP contribution in [0.5, 0.6) is 5.75 Å². The Morgan fingerprint density at radius 3 is 2.78 bits per heavy atom. The number of hydrogen-bond donors (Lipinski definition) is 1. The van der Waals surface area contributed by atoms with Crippen LogP contribution in [0.15, 0.2) is 42.5 Å². The first-order valence-corrected chi connectivity index (χ1v) is 9.02. The fraction of sp³-hybridized carbons (Fsp3) is 0.286. The molecule has 27 heavy (non-hydrogen) atoms. The summed E-state index contributed by atoms with van der Waals surface area (Å²) in [6.45, 7) is 2.57. The molecular formula is C21H20N2O4. The molecule has 1 N–H and O–H groups in total. The molecule has 0 saturated carbocycles. The van der Waals surface area contributed by atoms with Crippen molar-refractivity contribution in [2.75, 3.05) is 18.1 Å². The number of ether oxygens (including phenoxy) is 1. The third-order valence-corrected chi connectivity index (χ3v) is 4.94. The molecule has 0 bridgehead atoms. The van der Waals surface area contributed by atoms with Crippen LogP contribution in [0.4, 0.5) is 5.69 Å². The molecule has 2 amide bonds. The number of amides is 2. The third-order valence-electron chi connectivity index (χ3n) is 4.94. The molecule has 138 valence electrons. The van der Waals surface area contributed by atoms with Crippen LogP contribution in [0, 0.1) is 6.92 Å². The fourth-order valence-electron chi connectivity index (χ4n) is 3.55. The van der Waals surface area contributed by atoms with Gasteiger partial charge in [-0.2, -0.15) is 0 Å². The number of ketones is 1. The number of fused-ring (bicyclic) bond motifs is 1. The second kappa shape index (κ2) is 6.87. The predicted octanol–water partition coefficient (Wildman–Crippen LogP) is 2.50. The second-order valence-electron chi connectivity index (χ2n) is 6.87. The molecule has 0 aromatic heterocycles. The molecule has 2 aliphatic heterocycles. The van der Waals surface area contributed by atoms with Gasteiger partial charge in [-0.3, -0.25) is 14.4 Å². The summed E-state index contributed by atoms with van der Waals surface area (Å²) in [6.07, 6.45) is 1.26. The van der Waals surface area contributed by atoms with Crippen LogP contribution >= 0.6 is 0 Å². The number of benzene rings is 2. The maximum Gasteiger partial charge on any atom is 0.254 e. The number of aryl methyl sites for hydroxylation is 1. The van der Waals surface area contributed by atoms with Gasteiger partial charge in [-0.25, -0.2) is 0 Å². The number of rotatable bonds is 3. The third kappa shape index (κ3) is 3.18. The van der Waals surface area contributed by atoms with Crippen LogP contribution in [0.25, 0.3) is 0 Å². The van der Waals surface area contributed by atoms with Gasteiger partial charge in [0.2, 0.25) is 5.91 Å². The molecule has 0 spiro atoms. The van der Waals surface area contributed by atoms with Gasteiger partial charge in [0.1, 0.15) is 18.4 Å². The monoisotopic (exact) mass is 364 g/mol. The first-order chi connectivity index (χ1) is 13.0. The maximum atomic E-state index is 13.0. The van der Waals surface area contributed by atoms with Gasteiger partial charge in [-0.15, -0.1) is 0 Å². The molecule has 2 aromatic carbocycles. The largest absolute Gasteiger partial charge is 0.490 e. The van der Waals surface area contributed by atoms with E-state index in [1.165, 1.54) is 0 Å². The van der Waals surface area contributed by atoms with Gasteiger partial charge in [-0.05, 0) is 37.6 Å². The lowest BCUT2D eigenvalue weighted by Gasteiger charge is -2.26. The summed E-state index contributed by atoms with van der Waals surface area (Å²) in [5.74, 6) is -0.00260. The maximum absolute atomic E-state index is 13.0. The Kier molecular flexibility index (Phi) is 4.39. The summed E-state index contributed by atoms with van der Waals surface area (Å²) in [7, 11) is 0. The standard InChI is InChI=1S/C21H20N2O4/c1-13-8-9-17(23-10-4-7-19(23)24)15(11-13)21(26)22-16-12-27-18-6-3-2-5-14(18)20(16)25/h2-3,5-6,8-9,11,16H,4,7,10,12H2,1H3,(H,22,26)/t16-/m0/s1. The van der Waals surface area contributed by atoms with Gasteiger partial charge in [0.05, 0.1) is 16.8 Å². The minimum absolute atomic E-state index is 0.0129. The Bertz CT molecular complexity index is 938. The highest BCUT2D eigenvalue weighted by Crippen LogP contribution is 2.28. The summed E-state index contributed by atoms with van der Waals surface area (Å²) in [5, 5.41) is 2.78. The Morgan fingerprint density at radius 2 is 2.00 bits per heavy atom. The van der Waals surface area contributed by atoms with E-state index in [0.29, 0.717) is 35.5 Å². The normalized spacial score (nSPS) is 18.9. The van der Waals surface area contributed by atoms with Gasteiger partial charge < -0.3 is 15.0 Å². The summed E-state index contributed by atoms with van der Waals surface area (Å²) < 4.78 is 5.61. The Hall–Kier alpha value is -3.15. The van der Waals surface area contributed by atoms with Crippen LogP contribution in [0.2, 0.25) is 0 Å². The predicted molar refractivity (Wildman–Crippen MR) is 100 cm³/mol. The van der Waals surface area contributed by atoms with Crippen LogP contribution in [-0.4, -0.2) is 36.8 Å². The first-order valence-electron chi connectivity index (χ1n) is 9.02. The molecule has 4 rings (SSSR count). The van der Waals surface area contributed by atoms with Crippen LogP contribution in [0.1, 0.15) is 39.1 Å². The van der Waals surface area contributed by atoms with Gasteiger partial charge in [0.25, 0.3) is 5.91 Å². The van der Waals surface area contributed by atoms with Crippen molar-refractivity contribution in [2.24, 2.45) is 0 Å². The Labute approximate surface area is 157 Å². The number of carbonyl (C=O) groups excluding carboxylic acids is 3. The Morgan fingerprint density at radius 1 is 1.19 bits per heavy atom. The quantitative estimate of drug-likeness (QED) is 0.908. The molecule has 6 heteroatoms.